The quantitative estimate of drug-likeness (QED) is 0.327. The monoisotopic (exact) mass is 498 g/mol. The van der Waals surface area contributed by atoms with E-state index in [1.807, 2.05) is 53.4 Å². The zero-order valence-electron chi connectivity index (χ0n) is 19.9. The van der Waals surface area contributed by atoms with Gasteiger partial charge in [0.05, 0.1) is 11.0 Å². The zero-order chi connectivity index (χ0) is 24.3. The van der Waals surface area contributed by atoms with E-state index >= 15 is 0 Å². The molecule has 1 saturated heterocycles. The van der Waals surface area contributed by atoms with Crippen molar-refractivity contribution in [1.82, 2.24) is 29.4 Å². The van der Waals surface area contributed by atoms with Gasteiger partial charge in [-0.25, -0.2) is 9.97 Å². The highest BCUT2D eigenvalue weighted by atomic mass is 35.5. The van der Waals surface area contributed by atoms with Crippen molar-refractivity contribution in [1.29, 1.82) is 0 Å². The lowest BCUT2D eigenvalue weighted by Crippen LogP contribution is -2.47. The number of hydrogen-bond donors (Lipinski definition) is 1. The number of aromatic nitrogens is 5. The molecule has 1 N–H and O–H groups in total. The van der Waals surface area contributed by atoms with Crippen LogP contribution in [0.5, 0.6) is 0 Å². The number of halogens is 1. The lowest BCUT2D eigenvalue weighted by molar-refractivity contribution is 0.257. The summed E-state index contributed by atoms with van der Waals surface area (Å²) in [5.74, 6) is 1.65. The second-order valence-corrected chi connectivity index (χ2v) is 9.40. The van der Waals surface area contributed by atoms with Gasteiger partial charge in [-0.15, -0.1) is 0 Å². The summed E-state index contributed by atoms with van der Waals surface area (Å²) in [6.45, 7) is 5.86. The predicted molar refractivity (Wildman–Crippen MR) is 145 cm³/mol. The zero-order valence-corrected chi connectivity index (χ0v) is 20.6. The molecule has 182 valence electrons. The molecule has 5 aromatic rings. The fourth-order valence-corrected chi connectivity index (χ4v) is 4.93. The van der Waals surface area contributed by atoms with E-state index in [-0.39, 0.29) is 0 Å². The smallest absolute Gasteiger partial charge is 0.237 e. The Morgan fingerprint density at radius 2 is 1.78 bits per heavy atom. The molecule has 0 radical (unpaired) electrons. The highest BCUT2D eigenvalue weighted by Crippen LogP contribution is 2.26. The number of nitrogens with one attached hydrogen (secondary N) is 1. The molecule has 9 heteroatoms. The van der Waals surface area contributed by atoms with E-state index in [9.17, 15) is 0 Å². The van der Waals surface area contributed by atoms with Gasteiger partial charge in [0.2, 0.25) is 5.95 Å². The van der Waals surface area contributed by atoms with Crippen molar-refractivity contribution in [2.24, 2.45) is 0 Å². The largest absolute Gasteiger partial charge is 0.384 e. The molecule has 2 aromatic carbocycles. The molecule has 36 heavy (non-hydrogen) atoms. The van der Waals surface area contributed by atoms with Gasteiger partial charge in [0.1, 0.15) is 12.1 Å². The molecular weight excluding hydrogens is 472 g/mol. The fourth-order valence-electron chi connectivity index (χ4n) is 4.77. The third-order valence-corrected chi connectivity index (χ3v) is 6.88. The van der Waals surface area contributed by atoms with E-state index in [0.29, 0.717) is 11.0 Å². The molecule has 6 rings (SSSR count). The van der Waals surface area contributed by atoms with Gasteiger partial charge < -0.3 is 10.2 Å². The lowest BCUT2D eigenvalue weighted by Gasteiger charge is -2.36. The SMILES string of the molecule is Clc1ccc2c(NCCCN3CCN(c4nc(-n5ccnc5)nc5ccccc45)CC3)ccnc2c1. The van der Waals surface area contributed by atoms with Crippen LogP contribution in [0, 0.1) is 0 Å². The molecule has 0 bridgehead atoms. The number of piperazine rings is 1. The summed E-state index contributed by atoms with van der Waals surface area (Å²) in [4.78, 5) is 23.2. The van der Waals surface area contributed by atoms with Gasteiger partial charge in [-0.3, -0.25) is 14.5 Å². The molecule has 1 aliphatic rings. The van der Waals surface area contributed by atoms with Crippen LogP contribution in [0.4, 0.5) is 11.5 Å². The third-order valence-electron chi connectivity index (χ3n) is 6.65. The Morgan fingerprint density at radius 3 is 2.64 bits per heavy atom. The second kappa shape index (κ2) is 10.1. The first-order chi connectivity index (χ1) is 17.7. The molecule has 1 aliphatic heterocycles. The Hall–Kier alpha value is -3.75. The summed E-state index contributed by atoms with van der Waals surface area (Å²) in [5.41, 5.74) is 2.97. The van der Waals surface area contributed by atoms with Gasteiger partial charge in [0, 0.05) is 72.8 Å². The van der Waals surface area contributed by atoms with Crippen molar-refractivity contribution in [3.63, 3.8) is 0 Å². The van der Waals surface area contributed by atoms with Crippen molar-refractivity contribution < 1.29 is 0 Å². The van der Waals surface area contributed by atoms with Crippen LogP contribution in [-0.4, -0.2) is 68.7 Å². The molecule has 0 amide bonds. The maximum absolute atomic E-state index is 6.11. The van der Waals surface area contributed by atoms with Crippen molar-refractivity contribution >= 4 is 44.9 Å². The minimum absolute atomic E-state index is 0.653. The number of rotatable bonds is 7. The Balaban J connectivity index is 1.07. The summed E-state index contributed by atoms with van der Waals surface area (Å²) in [6, 6.07) is 16.1. The number of para-hydroxylation sites is 1. The van der Waals surface area contributed by atoms with Crippen molar-refractivity contribution in [3.05, 3.63) is 78.5 Å². The average molecular weight is 499 g/mol. The third kappa shape index (κ3) is 4.69. The Morgan fingerprint density at radius 1 is 0.889 bits per heavy atom. The van der Waals surface area contributed by atoms with E-state index in [1.165, 1.54) is 0 Å². The first-order valence-corrected chi connectivity index (χ1v) is 12.6. The number of fused-ring (bicyclic) bond motifs is 2. The standard InChI is InChI=1S/C27H27ClN8/c28-20-6-7-21-23(8-10-31-25(21)18-20)30-9-3-12-34-14-16-35(17-15-34)26-22-4-1-2-5-24(22)32-27(33-26)36-13-11-29-19-36/h1-2,4-8,10-11,13,18-19H,3,9,12,14-17H2,(H,30,31). The number of hydrogen-bond acceptors (Lipinski definition) is 7. The van der Waals surface area contributed by atoms with Crippen LogP contribution in [0.1, 0.15) is 6.42 Å². The number of benzene rings is 2. The summed E-state index contributed by atoms with van der Waals surface area (Å²) < 4.78 is 1.86. The van der Waals surface area contributed by atoms with E-state index in [0.717, 1.165) is 79.0 Å². The van der Waals surface area contributed by atoms with Crippen LogP contribution in [0.15, 0.2) is 73.4 Å². The lowest BCUT2D eigenvalue weighted by atomic mass is 10.2. The normalized spacial score (nSPS) is 14.5. The highest BCUT2D eigenvalue weighted by molar-refractivity contribution is 6.31. The van der Waals surface area contributed by atoms with Gasteiger partial charge in [-0.1, -0.05) is 23.7 Å². The van der Waals surface area contributed by atoms with Crippen LogP contribution in [-0.2, 0) is 0 Å². The molecule has 0 unspecified atom stereocenters. The summed E-state index contributed by atoms with van der Waals surface area (Å²) in [6.07, 6.45) is 8.26. The number of nitrogens with zero attached hydrogens (tertiary/aromatic N) is 7. The summed E-state index contributed by atoms with van der Waals surface area (Å²) >= 11 is 6.11. The fraction of sp³-hybridized carbons (Fsp3) is 0.259. The Bertz CT molecular complexity index is 1480. The van der Waals surface area contributed by atoms with Crippen molar-refractivity contribution in [2.75, 3.05) is 49.5 Å². The van der Waals surface area contributed by atoms with E-state index in [4.69, 9.17) is 21.6 Å². The van der Waals surface area contributed by atoms with Crippen LogP contribution < -0.4 is 10.2 Å². The molecule has 0 atom stereocenters. The molecule has 0 aliphatic carbocycles. The maximum atomic E-state index is 6.11. The predicted octanol–water partition coefficient (Wildman–Crippen LogP) is 4.64. The van der Waals surface area contributed by atoms with Crippen molar-refractivity contribution in [2.45, 2.75) is 6.42 Å². The minimum Gasteiger partial charge on any atom is -0.384 e. The van der Waals surface area contributed by atoms with E-state index in [2.05, 4.69) is 37.2 Å². The van der Waals surface area contributed by atoms with Crippen LogP contribution in [0.2, 0.25) is 5.02 Å². The minimum atomic E-state index is 0.653. The van der Waals surface area contributed by atoms with Gasteiger partial charge in [0.15, 0.2) is 0 Å². The average Bonchev–Trinajstić information content (AvgIpc) is 3.46. The van der Waals surface area contributed by atoms with Gasteiger partial charge >= 0.3 is 0 Å². The highest BCUT2D eigenvalue weighted by Gasteiger charge is 2.21. The molecular formula is C27H27ClN8. The van der Waals surface area contributed by atoms with Gasteiger partial charge in [-0.05, 0) is 49.4 Å². The summed E-state index contributed by atoms with van der Waals surface area (Å²) in [5, 5.41) is 6.47. The maximum Gasteiger partial charge on any atom is 0.237 e. The van der Waals surface area contributed by atoms with Crippen LogP contribution in [0.25, 0.3) is 27.8 Å². The Labute approximate surface area is 214 Å². The second-order valence-electron chi connectivity index (χ2n) is 8.96. The van der Waals surface area contributed by atoms with Gasteiger partial charge in [-0.2, -0.15) is 4.98 Å². The van der Waals surface area contributed by atoms with Crippen LogP contribution >= 0.6 is 11.6 Å². The molecule has 0 saturated carbocycles. The van der Waals surface area contributed by atoms with Gasteiger partial charge in [0.25, 0.3) is 0 Å². The summed E-state index contributed by atoms with van der Waals surface area (Å²) in [7, 11) is 0. The Kier molecular flexibility index (Phi) is 6.36. The number of pyridine rings is 1. The number of imidazole rings is 1. The molecule has 3 aromatic heterocycles. The molecule has 1 fully saturated rings. The molecule has 8 nitrogen and oxygen atoms in total. The number of anilines is 2. The molecule has 0 spiro atoms. The topological polar surface area (TPSA) is 75.0 Å². The van der Waals surface area contributed by atoms with Crippen LogP contribution in [0.3, 0.4) is 0 Å². The van der Waals surface area contributed by atoms with E-state index < -0.39 is 0 Å². The first-order valence-electron chi connectivity index (χ1n) is 12.3. The van der Waals surface area contributed by atoms with E-state index in [1.54, 1.807) is 12.5 Å². The first kappa shape index (κ1) is 22.7. The molecule has 4 heterocycles. The van der Waals surface area contributed by atoms with Crippen molar-refractivity contribution in [3.8, 4) is 5.95 Å².